The quantitative estimate of drug-likeness (QED) is 0.805. The highest BCUT2D eigenvalue weighted by molar-refractivity contribution is 5.88. The Bertz CT molecular complexity index is 366. The van der Waals surface area contributed by atoms with E-state index in [1.165, 1.54) is 12.1 Å². The summed E-state index contributed by atoms with van der Waals surface area (Å²) in [7, 11) is 0. The summed E-state index contributed by atoms with van der Waals surface area (Å²) in [5.74, 6) is -1.48. The number of hydrogen-bond donors (Lipinski definition) is 2. The average molecular weight is 211 g/mol. The van der Waals surface area contributed by atoms with Crippen molar-refractivity contribution in [1.82, 2.24) is 0 Å². The summed E-state index contributed by atoms with van der Waals surface area (Å²) in [5.41, 5.74) is 0.325. The monoisotopic (exact) mass is 211 g/mol. The van der Waals surface area contributed by atoms with Gasteiger partial charge >= 0.3 is 5.97 Å². The highest BCUT2D eigenvalue weighted by Crippen LogP contribution is 2.17. The van der Waals surface area contributed by atoms with Crippen LogP contribution in [0.2, 0.25) is 0 Å². The zero-order chi connectivity index (χ0) is 11.4. The molecule has 0 heterocycles. The molecule has 0 saturated heterocycles. The van der Waals surface area contributed by atoms with Crippen LogP contribution in [0.25, 0.3) is 0 Å². The van der Waals surface area contributed by atoms with Crippen molar-refractivity contribution < 1.29 is 14.3 Å². The van der Waals surface area contributed by atoms with Gasteiger partial charge in [0.15, 0.2) is 0 Å². The fourth-order valence-electron chi connectivity index (χ4n) is 1.14. The van der Waals surface area contributed by atoms with Gasteiger partial charge < -0.3 is 10.4 Å². The predicted octanol–water partition coefficient (Wildman–Crippen LogP) is 2.73. The molecule has 1 aromatic rings. The molecule has 15 heavy (non-hydrogen) atoms. The molecule has 82 valence electrons. The maximum Gasteiger partial charge on any atom is 0.335 e. The van der Waals surface area contributed by atoms with E-state index in [4.69, 9.17) is 5.11 Å². The maximum atomic E-state index is 13.3. The Morgan fingerprint density at radius 2 is 2.27 bits per heavy atom. The first kappa shape index (κ1) is 11.5. The first-order chi connectivity index (χ1) is 7.04. The van der Waals surface area contributed by atoms with Crippen LogP contribution in [0.4, 0.5) is 10.1 Å². The highest BCUT2D eigenvalue weighted by Gasteiger charge is 2.09. The Kier molecular flexibility index (Phi) is 3.66. The largest absolute Gasteiger partial charge is 0.478 e. The molecule has 1 unspecified atom stereocenters. The standard InChI is InChI=1S/C11H14FNO2/c1-3-7(2)13-10-6-8(11(14)15)4-5-9(10)12/h4-7,13H,3H2,1-2H3,(H,14,15). The van der Waals surface area contributed by atoms with E-state index in [2.05, 4.69) is 5.32 Å². The molecule has 0 aromatic heterocycles. The molecule has 0 bridgehead atoms. The number of anilines is 1. The summed E-state index contributed by atoms with van der Waals surface area (Å²) in [6.45, 7) is 3.88. The van der Waals surface area contributed by atoms with Gasteiger partial charge in [0.2, 0.25) is 0 Å². The van der Waals surface area contributed by atoms with Gasteiger partial charge in [0.05, 0.1) is 11.3 Å². The minimum Gasteiger partial charge on any atom is -0.478 e. The predicted molar refractivity (Wildman–Crippen MR) is 56.7 cm³/mol. The van der Waals surface area contributed by atoms with Gasteiger partial charge in [0.1, 0.15) is 5.82 Å². The molecule has 0 spiro atoms. The van der Waals surface area contributed by atoms with Gasteiger partial charge in [-0.1, -0.05) is 6.92 Å². The number of aromatic carboxylic acids is 1. The molecule has 0 radical (unpaired) electrons. The summed E-state index contributed by atoms with van der Waals surface area (Å²) < 4.78 is 13.3. The lowest BCUT2D eigenvalue weighted by molar-refractivity contribution is 0.0697. The number of halogens is 1. The number of carboxylic acid groups (broad SMARTS) is 1. The second-order valence-electron chi connectivity index (χ2n) is 3.45. The molecular weight excluding hydrogens is 197 g/mol. The van der Waals surface area contributed by atoms with Gasteiger partial charge in [-0.25, -0.2) is 9.18 Å². The first-order valence-electron chi connectivity index (χ1n) is 4.84. The molecule has 1 atom stereocenters. The molecule has 0 aliphatic heterocycles. The summed E-state index contributed by atoms with van der Waals surface area (Å²) in [4.78, 5) is 10.7. The van der Waals surface area contributed by atoms with Crippen molar-refractivity contribution in [3.8, 4) is 0 Å². The minimum absolute atomic E-state index is 0.0854. The average Bonchev–Trinajstić information content (AvgIpc) is 2.20. The fourth-order valence-corrected chi connectivity index (χ4v) is 1.14. The van der Waals surface area contributed by atoms with E-state index in [1.807, 2.05) is 13.8 Å². The van der Waals surface area contributed by atoms with E-state index in [0.717, 1.165) is 12.5 Å². The minimum atomic E-state index is -1.05. The van der Waals surface area contributed by atoms with Gasteiger partial charge in [-0.3, -0.25) is 0 Å². The second kappa shape index (κ2) is 4.77. The highest BCUT2D eigenvalue weighted by atomic mass is 19.1. The lowest BCUT2D eigenvalue weighted by Gasteiger charge is -2.13. The molecular formula is C11H14FNO2. The Morgan fingerprint density at radius 3 is 2.80 bits per heavy atom. The van der Waals surface area contributed by atoms with Gasteiger partial charge in [-0.05, 0) is 31.5 Å². The number of carbonyl (C=O) groups is 1. The Balaban J connectivity index is 2.95. The molecule has 1 rings (SSSR count). The van der Waals surface area contributed by atoms with Crippen molar-refractivity contribution in [3.05, 3.63) is 29.6 Å². The number of rotatable bonds is 4. The smallest absolute Gasteiger partial charge is 0.335 e. The van der Waals surface area contributed by atoms with E-state index < -0.39 is 11.8 Å². The summed E-state index contributed by atoms with van der Waals surface area (Å²) in [6.07, 6.45) is 0.844. The van der Waals surface area contributed by atoms with E-state index in [1.54, 1.807) is 0 Å². The van der Waals surface area contributed by atoms with Crippen LogP contribution in [-0.4, -0.2) is 17.1 Å². The lowest BCUT2D eigenvalue weighted by Crippen LogP contribution is -2.15. The van der Waals surface area contributed by atoms with Crippen LogP contribution in [0.1, 0.15) is 30.6 Å². The van der Waals surface area contributed by atoms with Crippen LogP contribution in [0, 0.1) is 5.82 Å². The molecule has 2 N–H and O–H groups in total. The Labute approximate surface area is 87.9 Å². The van der Waals surface area contributed by atoms with E-state index in [-0.39, 0.29) is 17.3 Å². The van der Waals surface area contributed by atoms with E-state index in [0.29, 0.717) is 0 Å². The van der Waals surface area contributed by atoms with Crippen LogP contribution in [0.15, 0.2) is 18.2 Å². The van der Waals surface area contributed by atoms with Crippen LogP contribution >= 0.6 is 0 Å². The number of nitrogens with one attached hydrogen (secondary N) is 1. The lowest BCUT2D eigenvalue weighted by atomic mass is 10.1. The van der Waals surface area contributed by atoms with Gasteiger partial charge in [-0.15, -0.1) is 0 Å². The van der Waals surface area contributed by atoms with Crippen molar-refractivity contribution in [2.24, 2.45) is 0 Å². The van der Waals surface area contributed by atoms with Crippen LogP contribution in [-0.2, 0) is 0 Å². The number of hydrogen-bond acceptors (Lipinski definition) is 2. The van der Waals surface area contributed by atoms with Crippen LogP contribution in [0.5, 0.6) is 0 Å². The molecule has 0 aliphatic carbocycles. The number of carboxylic acids is 1. The Hall–Kier alpha value is -1.58. The summed E-state index contributed by atoms with van der Waals surface area (Å²) in [6, 6.07) is 3.83. The van der Waals surface area contributed by atoms with E-state index in [9.17, 15) is 9.18 Å². The third-order valence-electron chi connectivity index (χ3n) is 2.23. The molecule has 0 aliphatic rings. The zero-order valence-electron chi connectivity index (χ0n) is 8.75. The molecule has 1 aromatic carbocycles. The van der Waals surface area contributed by atoms with Gasteiger partial charge in [0.25, 0.3) is 0 Å². The third kappa shape index (κ3) is 2.94. The normalized spacial score (nSPS) is 12.2. The molecule has 0 fully saturated rings. The second-order valence-corrected chi connectivity index (χ2v) is 3.45. The van der Waals surface area contributed by atoms with Crippen molar-refractivity contribution >= 4 is 11.7 Å². The van der Waals surface area contributed by atoms with Gasteiger partial charge in [-0.2, -0.15) is 0 Å². The van der Waals surface area contributed by atoms with Crippen molar-refractivity contribution in [2.75, 3.05) is 5.32 Å². The topological polar surface area (TPSA) is 49.3 Å². The molecule has 3 nitrogen and oxygen atoms in total. The fraction of sp³-hybridized carbons (Fsp3) is 0.364. The Morgan fingerprint density at radius 1 is 1.60 bits per heavy atom. The SMILES string of the molecule is CCC(C)Nc1cc(C(=O)O)ccc1F. The first-order valence-corrected chi connectivity index (χ1v) is 4.84. The molecule has 0 saturated carbocycles. The summed E-state index contributed by atoms with van der Waals surface area (Å²) in [5, 5.41) is 11.7. The number of benzene rings is 1. The molecule has 4 heteroatoms. The third-order valence-corrected chi connectivity index (χ3v) is 2.23. The van der Waals surface area contributed by atoms with Gasteiger partial charge in [0, 0.05) is 6.04 Å². The zero-order valence-corrected chi connectivity index (χ0v) is 8.75. The van der Waals surface area contributed by atoms with Crippen LogP contribution < -0.4 is 5.32 Å². The van der Waals surface area contributed by atoms with Crippen LogP contribution in [0.3, 0.4) is 0 Å². The maximum absolute atomic E-state index is 13.3. The summed E-state index contributed by atoms with van der Waals surface area (Å²) >= 11 is 0. The van der Waals surface area contributed by atoms with Crippen molar-refractivity contribution in [3.63, 3.8) is 0 Å². The van der Waals surface area contributed by atoms with Crippen molar-refractivity contribution in [2.45, 2.75) is 26.3 Å². The molecule has 0 amide bonds. The van der Waals surface area contributed by atoms with E-state index >= 15 is 0 Å². The van der Waals surface area contributed by atoms with Crippen molar-refractivity contribution in [1.29, 1.82) is 0 Å².